The highest BCUT2D eigenvalue weighted by molar-refractivity contribution is 5.42. The first-order valence-electron chi connectivity index (χ1n) is 7.59. The molecule has 1 N–H and O–H groups in total. The smallest absolute Gasteiger partial charge is 0.122 e. The Hall–Kier alpha value is -1.02. The Morgan fingerprint density at radius 2 is 1.58 bits per heavy atom. The summed E-state index contributed by atoms with van der Waals surface area (Å²) in [4.78, 5) is 2.47. The molecule has 0 saturated heterocycles. The molecule has 0 aliphatic heterocycles. The molecule has 0 spiro atoms. The van der Waals surface area contributed by atoms with Crippen LogP contribution in [0, 0.1) is 13.8 Å². The Kier molecular flexibility index (Phi) is 6.93. The van der Waals surface area contributed by atoms with Gasteiger partial charge in [0.15, 0.2) is 0 Å². The van der Waals surface area contributed by atoms with Crippen molar-refractivity contribution in [2.24, 2.45) is 0 Å². The molecule has 0 fully saturated rings. The van der Waals surface area contributed by atoms with E-state index in [0.29, 0.717) is 5.75 Å². The van der Waals surface area contributed by atoms with Gasteiger partial charge in [-0.2, -0.15) is 0 Å². The van der Waals surface area contributed by atoms with Crippen molar-refractivity contribution in [3.05, 3.63) is 28.8 Å². The highest BCUT2D eigenvalue weighted by Gasteiger charge is 2.10. The second-order valence-electron chi connectivity index (χ2n) is 5.57. The zero-order valence-corrected chi connectivity index (χ0v) is 13.0. The van der Waals surface area contributed by atoms with Crippen LogP contribution in [0.3, 0.4) is 0 Å². The number of hydrogen-bond acceptors (Lipinski definition) is 2. The summed E-state index contributed by atoms with van der Waals surface area (Å²) >= 11 is 0. The van der Waals surface area contributed by atoms with Crippen molar-refractivity contribution in [3.63, 3.8) is 0 Å². The minimum absolute atomic E-state index is 0.476. The molecule has 0 atom stereocenters. The van der Waals surface area contributed by atoms with Crippen molar-refractivity contribution in [2.45, 2.75) is 59.9 Å². The molecule has 1 aromatic carbocycles. The van der Waals surface area contributed by atoms with Gasteiger partial charge in [0, 0.05) is 12.1 Å². The minimum atomic E-state index is 0.476. The van der Waals surface area contributed by atoms with E-state index >= 15 is 0 Å². The summed E-state index contributed by atoms with van der Waals surface area (Å²) in [6, 6.07) is 4.16. The quantitative estimate of drug-likeness (QED) is 0.751. The molecule has 0 bridgehead atoms. The fourth-order valence-corrected chi connectivity index (χ4v) is 2.44. The molecular weight excluding hydrogens is 234 g/mol. The van der Waals surface area contributed by atoms with Gasteiger partial charge in [0.1, 0.15) is 5.75 Å². The average Bonchev–Trinajstić information content (AvgIpc) is 2.38. The average molecular weight is 263 g/mol. The molecule has 0 aromatic heterocycles. The van der Waals surface area contributed by atoms with Crippen LogP contribution in [-0.2, 0) is 6.54 Å². The molecule has 19 heavy (non-hydrogen) atoms. The van der Waals surface area contributed by atoms with Gasteiger partial charge < -0.3 is 5.11 Å². The summed E-state index contributed by atoms with van der Waals surface area (Å²) < 4.78 is 0. The third-order valence-electron chi connectivity index (χ3n) is 3.57. The summed E-state index contributed by atoms with van der Waals surface area (Å²) in [5.41, 5.74) is 3.29. The molecule has 1 rings (SSSR count). The molecule has 2 heteroatoms. The lowest BCUT2D eigenvalue weighted by Crippen LogP contribution is -2.25. The van der Waals surface area contributed by atoms with E-state index in [1.54, 1.807) is 0 Å². The third kappa shape index (κ3) is 5.23. The number of aromatic hydroxyl groups is 1. The van der Waals surface area contributed by atoms with Crippen LogP contribution in [0.1, 0.15) is 56.2 Å². The summed E-state index contributed by atoms with van der Waals surface area (Å²) in [7, 11) is 0. The number of unbranched alkanes of at least 4 members (excludes halogenated alkanes) is 2. The van der Waals surface area contributed by atoms with Crippen molar-refractivity contribution in [1.29, 1.82) is 0 Å². The molecule has 108 valence electrons. The van der Waals surface area contributed by atoms with E-state index in [1.807, 2.05) is 13.0 Å². The van der Waals surface area contributed by atoms with E-state index in [-0.39, 0.29) is 0 Å². The second-order valence-corrected chi connectivity index (χ2v) is 5.57. The molecule has 0 radical (unpaired) electrons. The van der Waals surface area contributed by atoms with Crippen LogP contribution in [0.4, 0.5) is 0 Å². The minimum Gasteiger partial charge on any atom is -0.507 e. The second kappa shape index (κ2) is 8.21. The van der Waals surface area contributed by atoms with Gasteiger partial charge in [0.25, 0.3) is 0 Å². The lowest BCUT2D eigenvalue weighted by Gasteiger charge is -2.23. The van der Waals surface area contributed by atoms with Gasteiger partial charge in [-0.15, -0.1) is 0 Å². The molecule has 2 nitrogen and oxygen atoms in total. The largest absolute Gasteiger partial charge is 0.507 e. The van der Waals surface area contributed by atoms with Gasteiger partial charge in [-0.3, -0.25) is 4.90 Å². The maximum atomic E-state index is 10.2. The first kappa shape index (κ1) is 16.0. The van der Waals surface area contributed by atoms with Gasteiger partial charge >= 0.3 is 0 Å². The maximum absolute atomic E-state index is 10.2. The van der Waals surface area contributed by atoms with Crippen molar-refractivity contribution in [1.82, 2.24) is 4.90 Å². The summed E-state index contributed by atoms with van der Waals surface area (Å²) in [5, 5.41) is 10.2. The lowest BCUT2D eigenvalue weighted by molar-refractivity contribution is 0.253. The van der Waals surface area contributed by atoms with Crippen LogP contribution in [0.15, 0.2) is 12.1 Å². The Bertz CT molecular complexity index is 379. The third-order valence-corrected chi connectivity index (χ3v) is 3.57. The predicted molar refractivity (Wildman–Crippen MR) is 82.7 cm³/mol. The Morgan fingerprint density at radius 3 is 2.11 bits per heavy atom. The maximum Gasteiger partial charge on any atom is 0.122 e. The number of nitrogens with zero attached hydrogens (tertiary/aromatic N) is 1. The number of phenols is 1. The molecular formula is C17H29NO. The van der Waals surface area contributed by atoms with Gasteiger partial charge in [-0.25, -0.2) is 0 Å². The molecule has 1 aromatic rings. The van der Waals surface area contributed by atoms with Crippen LogP contribution in [0.5, 0.6) is 5.75 Å². The molecule has 0 amide bonds. The molecule has 0 aliphatic rings. The Labute approximate surface area is 118 Å². The van der Waals surface area contributed by atoms with Crippen molar-refractivity contribution < 1.29 is 5.11 Å². The number of aryl methyl sites for hydroxylation is 2. The monoisotopic (exact) mass is 263 g/mol. The highest BCUT2D eigenvalue weighted by Crippen LogP contribution is 2.25. The standard InChI is InChI=1S/C17H29NO/c1-5-7-9-18(10-8-6-2)13-16-12-14(3)11-15(4)17(16)19/h11-12,19H,5-10,13H2,1-4H3. The first-order chi connectivity index (χ1) is 9.08. The van der Waals surface area contributed by atoms with E-state index in [2.05, 4.69) is 31.7 Å². The zero-order chi connectivity index (χ0) is 14.3. The van der Waals surface area contributed by atoms with Crippen molar-refractivity contribution >= 4 is 0 Å². The summed E-state index contributed by atoms with van der Waals surface area (Å²) in [6.45, 7) is 11.7. The van der Waals surface area contributed by atoms with E-state index in [1.165, 1.54) is 31.2 Å². The number of hydrogen-bond donors (Lipinski definition) is 1. The van der Waals surface area contributed by atoms with Gasteiger partial charge in [-0.05, 0) is 45.3 Å². The van der Waals surface area contributed by atoms with Gasteiger partial charge in [-0.1, -0.05) is 44.4 Å². The van der Waals surface area contributed by atoms with E-state index in [9.17, 15) is 5.11 Å². The predicted octanol–water partition coefficient (Wildman–Crippen LogP) is 4.41. The molecule has 0 heterocycles. The number of benzene rings is 1. The van der Waals surface area contributed by atoms with Gasteiger partial charge in [0.05, 0.1) is 0 Å². The lowest BCUT2D eigenvalue weighted by atomic mass is 10.0. The normalized spacial score (nSPS) is 11.2. The fourth-order valence-electron chi connectivity index (χ4n) is 2.44. The van der Waals surface area contributed by atoms with Crippen molar-refractivity contribution in [2.75, 3.05) is 13.1 Å². The topological polar surface area (TPSA) is 23.5 Å². The summed E-state index contributed by atoms with van der Waals surface area (Å²) in [6.07, 6.45) is 4.91. The van der Waals surface area contributed by atoms with Gasteiger partial charge in [0.2, 0.25) is 0 Å². The van der Waals surface area contributed by atoms with Crippen LogP contribution in [-0.4, -0.2) is 23.1 Å². The SMILES string of the molecule is CCCCN(CCCC)Cc1cc(C)cc(C)c1O. The molecule has 0 saturated carbocycles. The fraction of sp³-hybridized carbons (Fsp3) is 0.647. The van der Waals surface area contributed by atoms with Crippen LogP contribution in [0.2, 0.25) is 0 Å². The van der Waals surface area contributed by atoms with E-state index < -0.39 is 0 Å². The number of phenolic OH excluding ortho intramolecular Hbond substituents is 1. The van der Waals surface area contributed by atoms with Crippen LogP contribution < -0.4 is 0 Å². The van der Waals surface area contributed by atoms with Crippen LogP contribution >= 0.6 is 0 Å². The van der Waals surface area contributed by atoms with Crippen LogP contribution in [0.25, 0.3) is 0 Å². The molecule has 0 aliphatic carbocycles. The summed E-state index contributed by atoms with van der Waals surface area (Å²) in [5.74, 6) is 0.476. The zero-order valence-electron chi connectivity index (χ0n) is 13.0. The first-order valence-corrected chi connectivity index (χ1v) is 7.59. The van der Waals surface area contributed by atoms with E-state index in [4.69, 9.17) is 0 Å². The van der Waals surface area contributed by atoms with Crippen molar-refractivity contribution in [3.8, 4) is 5.75 Å². The van der Waals surface area contributed by atoms with E-state index in [0.717, 1.165) is 30.8 Å². The Morgan fingerprint density at radius 1 is 1.00 bits per heavy atom. The Balaban J connectivity index is 2.76. The molecule has 0 unspecified atom stereocenters. The number of rotatable bonds is 8. The highest BCUT2D eigenvalue weighted by atomic mass is 16.3.